The highest BCUT2D eigenvalue weighted by molar-refractivity contribution is 6.42. The van der Waals surface area contributed by atoms with Crippen molar-refractivity contribution in [3.05, 3.63) is 34.8 Å². The van der Waals surface area contributed by atoms with Crippen LogP contribution in [0.4, 0.5) is 11.4 Å². The predicted molar refractivity (Wildman–Crippen MR) is 59.6 cm³/mol. The molecule has 0 aliphatic rings. The third kappa shape index (κ3) is 2.54. The van der Waals surface area contributed by atoms with Crippen molar-refractivity contribution in [2.75, 3.05) is 17.6 Å². The number of nitrogens with one attached hydrogen (secondary N) is 1. The molecule has 0 aliphatic carbocycles. The molecule has 0 amide bonds. The summed E-state index contributed by atoms with van der Waals surface area (Å²) in [6.07, 6.45) is 1.74. The van der Waals surface area contributed by atoms with Gasteiger partial charge in [0.2, 0.25) is 0 Å². The summed E-state index contributed by atoms with van der Waals surface area (Å²) in [6.45, 7) is 4.22. The molecule has 0 aromatic heterocycles. The predicted octanol–water partition coefficient (Wildman–Crippen LogP) is 3.17. The van der Waals surface area contributed by atoms with Gasteiger partial charge in [0.15, 0.2) is 0 Å². The zero-order valence-corrected chi connectivity index (χ0v) is 8.49. The van der Waals surface area contributed by atoms with Crippen LogP contribution in [0.2, 0.25) is 10.0 Å². The Hall–Kier alpha value is -0.860. The number of halogens is 2. The van der Waals surface area contributed by atoms with Crippen LogP contribution in [0.15, 0.2) is 24.8 Å². The minimum Gasteiger partial charge on any atom is -0.397 e. The fourth-order valence-corrected chi connectivity index (χ4v) is 1.23. The van der Waals surface area contributed by atoms with E-state index >= 15 is 0 Å². The molecule has 2 nitrogen and oxygen atoms in total. The molecule has 0 fully saturated rings. The van der Waals surface area contributed by atoms with Crippen LogP contribution >= 0.6 is 23.2 Å². The lowest BCUT2D eigenvalue weighted by Crippen LogP contribution is -2.01. The van der Waals surface area contributed by atoms with Crippen molar-refractivity contribution >= 4 is 34.6 Å². The Balaban J connectivity index is 2.94. The highest BCUT2D eigenvalue weighted by Gasteiger charge is 2.03. The Kier molecular flexibility index (Phi) is 3.46. The van der Waals surface area contributed by atoms with Crippen LogP contribution in [0.1, 0.15) is 0 Å². The fraction of sp³-hybridized carbons (Fsp3) is 0.111. The van der Waals surface area contributed by atoms with E-state index in [2.05, 4.69) is 11.9 Å². The molecule has 0 saturated heterocycles. The van der Waals surface area contributed by atoms with Crippen molar-refractivity contribution in [3.8, 4) is 0 Å². The van der Waals surface area contributed by atoms with Gasteiger partial charge in [-0.2, -0.15) is 0 Å². The molecule has 1 aromatic carbocycles. The average Bonchev–Trinajstić information content (AvgIpc) is 2.09. The van der Waals surface area contributed by atoms with Gasteiger partial charge in [0, 0.05) is 6.54 Å². The van der Waals surface area contributed by atoms with Gasteiger partial charge in [-0.1, -0.05) is 29.3 Å². The number of anilines is 2. The van der Waals surface area contributed by atoms with E-state index in [0.29, 0.717) is 22.3 Å². The average molecular weight is 217 g/mol. The Morgan fingerprint density at radius 2 is 2.00 bits per heavy atom. The summed E-state index contributed by atoms with van der Waals surface area (Å²) in [5.74, 6) is 0. The van der Waals surface area contributed by atoms with Crippen molar-refractivity contribution in [1.29, 1.82) is 0 Å². The summed E-state index contributed by atoms with van der Waals surface area (Å²) >= 11 is 11.6. The molecule has 0 atom stereocenters. The normalized spacial score (nSPS) is 9.69. The minimum absolute atomic E-state index is 0.461. The van der Waals surface area contributed by atoms with E-state index in [1.54, 1.807) is 18.2 Å². The van der Waals surface area contributed by atoms with E-state index in [9.17, 15) is 0 Å². The molecular weight excluding hydrogens is 207 g/mol. The van der Waals surface area contributed by atoms with Gasteiger partial charge in [-0.3, -0.25) is 0 Å². The van der Waals surface area contributed by atoms with Gasteiger partial charge in [0.1, 0.15) is 0 Å². The number of hydrogen-bond donors (Lipinski definition) is 2. The summed E-state index contributed by atoms with van der Waals surface area (Å²) in [6, 6.07) is 3.32. The first-order valence-electron chi connectivity index (χ1n) is 3.74. The Morgan fingerprint density at radius 3 is 2.62 bits per heavy atom. The van der Waals surface area contributed by atoms with Crippen molar-refractivity contribution in [3.63, 3.8) is 0 Å². The molecule has 1 rings (SSSR count). The summed E-state index contributed by atoms with van der Waals surface area (Å²) in [4.78, 5) is 0. The molecule has 0 radical (unpaired) electrons. The van der Waals surface area contributed by atoms with Crippen LogP contribution in [0.25, 0.3) is 0 Å². The quantitative estimate of drug-likeness (QED) is 0.602. The molecule has 1 aromatic rings. The standard InChI is InChI=1S/C9H10Cl2N2/c1-2-3-13-9-5-7(11)6(10)4-8(9)12/h2,4-5,13H,1,3,12H2. The summed E-state index contributed by atoms with van der Waals surface area (Å²) in [7, 11) is 0. The lowest BCUT2D eigenvalue weighted by molar-refractivity contribution is 1.34. The first-order valence-corrected chi connectivity index (χ1v) is 4.50. The fourth-order valence-electron chi connectivity index (χ4n) is 0.897. The SMILES string of the molecule is C=CCNc1cc(Cl)c(Cl)cc1N. The van der Waals surface area contributed by atoms with Crippen LogP contribution < -0.4 is 11.1 Å². The maximum absolute atomic E-state index is 5.81. The van der Waals surface area contributed by atoms with Crippen LogP contribution in [-0.2, 0) is 0 Å². The van der Waals surface area contributed by atoms with Crippen LogP contribution in [-0.4, -0.2) is 6.54 Å². The van der Waals surface area contributed by atoms with Crippen molar-refractivity contribution in [1.82, 2.24) is 0 Å². The van der Waals surface area contributed by atoms with Gasteiger partial charge in [-0.15, -0.1) is 6.58 Å². The van der Waals surface area contributed by atoms with Crippen LogP contribution in [0.5, 0.6) is 0 Å². The summed E-state index contributed by atoms with van der Waals surface area (Å²) in [5, 5.41) is 3.99. The molecule has 3 N–H and O–H groups in total. The van der Waals surface area contributed by atoms with Gasteiger partial charge in [-0.25, -0.2) is 0 Å². The Morgan fingerprint density at radius 1 is 1.38 bits per heavy atom. The molecule has 0 aliphatic heterocycles. The van der Waals surface area contributed by atoms with E-state index in [1.807, 2.05) is 0 Å². The third-order valence-electron chi connectivity index (χ3n) is 1.53. The first-order chi connectivity index (χ1) is 6.15. The lowest BCUT2D eigenvalue weighted by atomic mass is 10.2. The number of nitrogens with two attached hydrogens (primary N) is 1. The van der Waals surface area contributed by atoms with Gasteiger partial charge in [0.05, 0.1) is 21.4 Å². The molecule has 70 valence electrons. The summed E-state index contributed by atoms with van der Waals surface area (Å²) < 4.78 is 0. The molecule has 0 heterocycles. The maximum Gasteiger partial charge on any atom is 0.0614 e. The van der Waals surface area contributed by atoms with Crippen molar-refractivity contribution in [2.45, 2.75) is 0 Å². The van der Waals surface area contributed by atoms with Gasteiger partial charge in [0.25, 0.3) is 0 Å². The zero-order valence-electron chi connectivity index (χ0n) is 6.98. The smallest absolute Gasteiger partial charge is 0.0614 e. The topological polar surface area (TPSA) is 38.0 Å². The van der Waals surface area contributed by atoms with Crippen LogP contribution in [0.3, 0.4) is 0 Å². The van der Waals surface area contributed by atoms with Gasteiger partial charge >= 0.3 is 0 Å². The van der Waals surface area contributed by atoms with Gasteiger partial charge < -0.3 is 11.1 Å². The van der Waals surface area contributed by atoms with E-state index in [1.165, 1.54) is 0 Å². The number of hydrogen-bond acceptors (Lipinski definition) is 2. The second kappa shape index (κ2) is 4.40. The molecule has 0 unspecified atom stereocenters. The molecule has 0 bridgehead atoms. The van der Waals surface area contributed by atoms with E-state index in [4.69, 9.17) is 28.9 Å². The minimum atomic E-state index is 0.461. The number of nitrogen functional groups attached to an aromatic ring is 1. The Labute approximate surface area is 87.3 Å². The molecule has 0 saturated carbocycles. The maximum atomic E-state index is 5.81. The summed E-state index contributed by atoms with van der Waals surface area (Å²) in [5.41, 5.74) is 7.04. The third-order valence-corrected chi connectivity index (χ3v) is 2.25. The second-order valence-electron chi connectivity index (χ2n) is 2.52. The molecule has 13 heavy (non-hydrogen) atoms. The van der Waals surface area contributed by atoms with Gasteiger partial charge in [-0.05, 0) is 12.1 Å². The lowest BCUT2D eigenvalue weighted by Gasteiger charge is -2.08. The molecule has 4 heteroatoms. The Bertz CT molecular complexity index is 324. The molecular formula is C9H10Cl2N2. The van der Waals surface area contributed by atoms with Crippen molar-refractivity contribution in [2.24, 2.45) is 0 Å². The van der Waals surface area contributed by atoms with E-state index < -0.39 is 0 Å². The zero-order chi connectivity index (χ0) is 9.84. The monoisotopic (exact) mass is 216 g/mol. The number of benzene rings is 1. The number of rotatable bonds is 3. The molecule has 0 spiro atoms. The second-order valence-corrected chi connectivity index (χ2v) is 3.34. The highest BCUT2D eigenvalue weighted by Crippen LogP contribution is 2.30. The van der Waals surface area contributed by atoms with E-state index in [-0.39, 0.29) is 0 Å². The van der Waals surface area contributed by atoms with Crippen LogP contribution in [0, 0.1) is 0 Å². The van der Waals surface area contributed by atoms with E-state index in [0.717, 1.165) is 5.69 Å². The highest BCUT2D eigenvalue weighted by atomic mass is 35.5. The largest absolute Gasteiger partial charge is 0.397 e. The first kappa shape index (κ1) is 10.2. The van der Waals surface area contributed by atoms with Crippen molar-refractivity contribution < 1.29 is 0 Å².